The van der Waals surface area contributed by atoms with E-state index in [4.69, 9.17) is 4.74 Å². The Hall–Kier alpha value is -1.76. The van der Waals surface area contributed by atoms with Crippen molar-refractivity contribution in [3.63, 3.8) is 0 Å². The minimum Gasteiger partial charge on any atom is -0.368 e. The van der Waals surface area contributed by atoms with Gasteiger partial charge in [-0.25, -0.2) is 4.98 Å². The molecular weight excluding hydrogens is 322 g/mol. The molecule has 3 rings (SSSR count). The first-order valence-corrected chi connectivity index (χ1v) is 9.10. The fraction of sp³-hybridized carbons (Fsp3) is 0.444. The molecule has 1 aromatic carbocycles. The molecule has 1 aliphatic heterocycles. The number of hydrogen-bond donors (Lipinski definition) is 2. The molecule has 1 saturated heterocycles. The van der Waals surface area contributed by atoms with E-state index in [0.29, 0.717) is 12.8 Å². The van der Waals surface area contributed by atoms with Crippen molar-refractivity contribution in [1.29, 1.82) is 0 Å². The molecule has 2 N–H and O–H groups in total. The minimum atomic E-state index is -0.723. The van der Waals surface area contributed by atoms with Crippen molar-refractivity contribution in [3.05, 3.63) is 40.7 Å². The Morgan fingerprint density at radius 1 is 1.33 bits per heavy atom. The van der Waals surface area contributed by atoms with Crippen LogP contribution in [-0.4, -0.2) is 36.7 Å². The Morgan fingerprint density at radius 3 is 2.71 bits per heavy atom. The molecular formula is C18H23N3O2S. The third kappa shape index (κ3) is 3.50. The van der Waals surface area contributed by atoms with Crippen LogP contribution in [0, 0.1) is 0 Å². The smallest absolute Gasteiger partial charge is 0.252 e. The highest BCUT2D eigenvalue weighted by atomic mass is 32.1. The quantitative estimate of drug-likeness (QED) is 0.875. The number of benzene rings is 1. The van der Waals surface area contributed by atoms with E-state index in [0.717, 1.165) is 29.4 Å². The number of thiazole rings is 1. The van der Waals surface area contributed by atoms with Crippen LogP contribution in [0.2, 0.25) is 0 Å². The molecule has 24 heavy (non-hydrogen) atoms. The van der Waals surface area contributed by atoms with E-state index in [1.807, 2.05) is 42.6 Å². The number of ether oxygens (including phenoxy) is 1. The van der Waals surface area contributed by atoms with Crippen molar-refractivity contribution in [2.45, 2.75) is 31.4 Å². The van der Waals surface area contributed by atoms with Gasteiger partial charge in [0.25, 0.3) is 5.91 Å². The number of rotatable bonds is 5. The Balaban J connectivity index is 1.70. The van der Waals surface area contributed by atoms with Crippen LogP contribution in [0.1, 0.15) is 30.8 Å². The molecule has 0 bridgehead atoms. The summed E-state index contributed by atoms with van der Waals surface area (Å²) >= 11 is 1.57. The van der Waals surface area contributed by atoms with E-state index < -0.39 is 5.60 Å². The van der Waals surface area contributed by atoms with Crippen LogP contribution in [0.5, 0.6) is 0 Å². The van der Waals surface area contributed by atoms with Crippen molar-refractivity contribution in [3.8, 4) is 11.3 Å². The Kier molecular flexibility index (Phi) is 5.28. The number of piperidine rings is 1. The van der Waals surface area contributed by atoms with Crippen molar-refractivity contribution < 1.29 is 9.53 Å². The molecule has 0 aliphatic carbocycles. The van der Waals surface area contributed by atoms with Crippen LogP contribution >= 0.6 is 11.3 Å². The van der Waals surface area contributed by atoms with Gasteiger partial charge in [-0.2, -0.15) is 0 Å². The zero-order chi connectivity index (χ0) is 17.0. The molecule has 6 heteroatoms. The summed E-state index contributed by atoms with van der Waals surface area (Å²) in [6.07, 6.45) is 1.38. The zero-order valence-electron chi connectivity index (χ0n) is 14.0. The lowest BCUT2D eigenvalue weighted by atomic mass is 9.91. The molecule has 0 saturated carbocycles. The number of nitrogens with zero attached hydrogens (tertiary/aromatic N) is 1. The molecule has 0 spiro atoms. The number of carbonyl (C=O) groups excluding carboxylic acids is 1. The summed E-state index contributed by atoms with van der Waals surface area (Å²) in [5.41, 5.74) is 1.31. The maximum Gasteiger partial charge on any atom is 0.252 e. The van der Waals surface area contributed by atoms with Gasteiger partial charge in [-0.1, -0.05) is 30.3 Å². The van der Waals surface area contributed by atoms with Crippen molar-refractivity contribution in [2.24, 2.45) is 0 Å². The van der Waals surface area contributed by atoms with Crippen LogP contribution < -0.4 is 10.6 Å². The van der Waals surface area contributed by atoms with E-state index in [9.17, 15) is 4.79 Å². The van der Waals surface area contributed by atoms with Crippen LogP contribution in [0.3, 0.4) is 0 Å². The van der Waals surface area contributed by atoms with E-state index >= 15 is 0 Å². The molecule has 2 aromatic rings. The van der Waals surface area contributed by atoms with Gasteiger partial charge in [0.2, 0.25) is 0 Å². The second kappa shape index (κ2) is 7.42. The molecule has 1 fully saturated rings. The highest BCUT2D eigenvalue weighted by Crippen LogP contribution is 2.27. The SMILES string of the molecule is COC1(C(=O)NC(C)c2nc(-c3ccccc3)cs2)CCNCC1. The summed E-state index contributed by atoms with van der Waals surface area (Å²) in [5, 5.41) is 9.28. The zero-order valence-corrected chi connectivity index (χ0v) is 14.9. The van der Waals surface area contributed by atoms with Crippen molar-refractivity contribution >= 4 is 17.2 Å². The molecule has 1 aromatic heterocycles. The molecule has 1 aliphatic rings. The summed E-state index contributed by atoms with van der Waals surface area (Å²) in [6.45, 7) is 3.56. The van der Waals surface area contributed by atoms with Gasteiger partial charge in [-0.3, -0.25) is 4.79 Å². The van der Waals surface area contributed by atoms with E-state index in [1.54, 1.807) is 18.4 Å². The third-order valence-corrected chi connectivity index (χ3v) is 5.55. The highest BCUT2D eigenvalue weighted by molar-refractivity contribution is 7.10. The number of carbonyl (C=O) groups is 1. The average molecular weight is 345 g/mol. The number of nitrogens with one attached hydrogen (secondary N) is 2. The number of hydrogen-bond acceptors (Lipinski definition) is 5. The van der Waals surface area contributed by atoms with Gasteiger partial charge in [-0.05, 0) is 32.9 Å². The lowest BCUT2D eigenvalue weighted by Gasteiger charge is -2.35. The summed E-state index contributed by atoms with van der Waals surface area (Å²) in [4.78, 5) is 17.4. The lowest BCUT2D eigenvalue weighted by molar-refractivity contribution is -0.147. The minimum absolute atomic E-state index is 0.0459. The standard InChI is InChI=1S/C18H23N3O2S/c1-13(20-17(22)18(23-2)8-10-19-11-9-18)16-21-15(12-24-16)14-6-4-3-5-7-14/h3-7,12-13,19H,8-11H2,1-2H3,(H,20,22). The first-order chi connectivity index (χ1) is 11.6. The van der Waals surface area contributed by atoms with Crippen LogP contribution in [0.25, 0.3) is 11.3 Å². The molecule has 5 nitrogen and oxygen atoms in total. The van der Waals surface area contributed by atoms with Gasteiger partial charge >= 0.3 is 0 Å². The second-order valence-corrected chi connectivity index (χ2v) is 6.97. The molecule has 1 amide bonds. The summed E-state index contributed by atoms with van der Waals surface area (Å²) in [7, 11) is 1.62. The Morgan fingerprint density at radius 2 is 2.04 bits per heavy atom. The van der Waals surface area contributed by atoms with Crippen LogP contribution in [0.15, 0.2) is 35.7 Å². The highest BCUT2D eigenvalue weighted by Gasteiger charge is 2.40. The van der Waals surface area contributed by atoms with Gasteiger partial charge in [0.05, 0.1) is 11.7 Å². The van der Waals surface area contributed by atoms with Gasteiger partial charge in [0.15, 0.2) is 0 Å². The van der Waals surface area contributed by atoms with E-state index in [-0.39, 0.29) is 11.9 Å². The lowest BCUT2D eigenvalue weighted by Crippen LogP contribution is -2.54. The molecule has 2 heterocycles. The topological polar surface area (TPSA) is 63.2 Å². The van der Waals surface area contributed by atoms with E-state index in [2.05, 4.69) is 15.6 Å². The van der Waals surface area contributed by atoms with Gasteiger partial charge in [0, 0.05) is 18.1 Å². The maximum atomic E-state index is 12.7. The first kappa shape index (κ1) is 17.1. The molecule has 128 valence electrons. The van der Waals surface area contributed by atoms with Crippen LogP contribution in [0.4, 0.5) is 0 Å². The van der Waals surface area contributed by atoms with Crippen molar-refractivity contribution in [1.82, 2.24) is 15.6 Å². The second-order valence-electron chi connectivity index (χ2n) is 6.08. The molecule has 0 radical (unpaired) electrons. The van der Waals surface area contributed by atoms with Crippen LogP contribution in [-0.2, 0) is 9.53 Å². The molecule has 1 atom stereocenters. The van der Waals surface area contributed by atoms with Gasteiger partial charge < -0.3 is 15.4 Å². The third-order valence-electron chi connectivity index (χ3n) is 4.53. The average Bonchev–Trinajstić information content (AvgIpc) is 3.13. The summed E-state index contributed by atoms with van der Waals surface area (Å²) < 4.78 is 5.58. The predicted molar refractivity (Wildman–Crippen MR) is 96.0 cm³/mol. The summed E-state index contributed by atoms with van der Waals surface area (Å²) in [5.74, 6) is -0.0459. The number of methoxy groups -OCH3 is 1. The number of aromatic nitrogens is 1. The van der Waals surface area contributed by atoms with Gasteiger partial charge in [-0.15, -0.1) is 11.3 Å². The maximum absolute atomic E-state index is 12.7. The monoisotopic (exact) mass is 345 g/mol. The normalized spacial score (nSPS) is 18.1. The largest absolute Gasteiger partial charge is 0.368 e. The Labute approximate surface area is 146 Å². The summed E-state index contributed by atoms with van der Waals surface area (Å²) in [6, 6.07) is 9.93. The predicted octanol–water partition coefficient (Wildman–Crippen LogP) is 2.76. The fourth-order valence-corrected chi connectivity index (χ4v) is 3.81. The van der Waals surface area contributed by atoms with Gasteiger partial charge in [0.1, 0.15) is 10.6 Å². The Bertz CT molecular complexity index is 681. The van der Waals surface area contributed by atoms with E-state index in [1.165, 1.54) is 0 Å². The molecule has 1 unspecified atom stereocenters. The first-order valence-electron chi connectivity index (χ1n) is 8.22. The fourth-order valence-electron chi connectivity index (χ4n) is 2.97. The van der Waals surface area contributed by atoms with Crippen molar-refractivity contribution in [2.75, 3.05) is 20.2 Å². The number of amides is 1.